The summed E-state index contributed by atoms with van der Waals surface area (Å²) in [6, 6.07) is 0. The Bertz CT molecular complexity index is 317. The van der Waals surface area contributed by atoms with Crippen molar-refractivity contribution < 1.29 is 28.4 Å². The molecule has 6 nitrogen and oxygen atoms in total. The second kappa shape index (κ2) is 8.23. The van der Waals surface area contributed by atoms with Gasteiger partial charge in [-0.2, -0.15) is 0 Å². The molecule has 0 aromatic heterocycles. The van der Waals surface area contributed by atoms with Crippen LogP contribution in [0.4, 0.5) is 0 Å². The van der Waals surface area contributed by atoms with Crippen molar-refractivity contribution in [1.29, 1.82) is 0 Å². The number of hydrogen-bond acceptors (Lipinski definition) is 6. The van der Waals surface area contributed by atoms with Crippen LogP contribution < -0.4 is 0 Å². The second-order valence-corrected chi connectivity index (χ2v) is 6.97. The summed E-state index contributed by atoms with van der Waals surface area (Å²) in [5, 5.41) is 0. The van der Waals surface area contributed by atoms with Gasteiger partial charge in [0.1, 0.15) is 12.2 Å². The van der Waals surface area contributed by atoms with E-state index in [4.69, 9.17) is 28.4 Å². The van der Waals surface area contributed by atoms with E-state index in [2.05, 4.69) is 0 Å². The average molecular weight is 330 g/mol. The number of ether oxygens (including phenoxy) is 6. The van der Waals surface area contributed by atoms with Crippen LogP contribution in [0, 0.1) is 0 Å². The lowest BCUT2D eigenvalue weighted by Crippen LogP contribution is -2.36. The Labute approximate surface area is 138 Å². The van der Waals surface area contributed by atoms with Gasteiger partial charge in [0.2, 0.25) is 0 Å². The van der Waals surface area contributed by atoms with Gasteiger partial charge in [-0.1, -0.05) is 0 Å². The highest BCUT2D eigenvalue weighted by Crippen LogP contribution is 2.30. The van der Waals surface area contributed by atoms with Crippen molar-refractivity contribution in [2.24, 2.45) is 0 Å². The lowest BCUT2D eigenvalue weighted by molar-refractivity contribution is -0.189. The van der Waals surface area contributed by atoms with Gasteiger partial charge in [-0.3, -0.25) is 0 Å². The SMILES string of the molecule is CC1(C)OC(COC2CCCCO2)C(COC2CCCCO2)O1. The molecule has 0 amide bonds. The maximum absolute atomic E-state index is 5.97. The van der Waals surface area contributed by atoms with Crippen LogP contribution in [0.15, 0.2) is 0 Å². The standard InChI is InChI=1S/C17H30O6/c1-17(2)22-13(11-20-15-7-3-5-9-18-15)14(23-17)12-21-16-8-4-6-10-19-16/h13-16H,3-12H2,1-2H3. The topological polar surface area (TPSA) is 55.4 Å². The molecule has 3 heterocycles. The quantitative estimate of drug-likeness (QED) is 0.746. The van der Waals surface area contributed by atoms with Gasteiger partial charge in [-0.25, -0.2) is 0 Å². The maximum atomic E-state index is 5.97. The van der Waals surface area contributed by atoms with E-state index in [9.17, 15) is 0 Å². The summed E-state index contributed by atoms with van der Waals surface area (Å²) in [7, 11) is 0. The third-order valence-electron chi connectivity index (χ3n) is 4.45. The first kappa shape index (κ1) is 17.6. The fourth-order valence-corrected chi connectivity index (χ4v) is 3.28. The molecule has 0 bridgehead atoms. The molecule has 134 valence electrons. The molecule has 23 heavy (non-hydrogen) atoms. The first-order valence-corrected chi connectivity index (χ1v) is 8.94. The summed E-state index contributed by atoms with van der Waals surface area (Å²) in [6.07, 6.45) is 5.95. The zero-order valence-electron chi connectivity index (χ0n) is 14.3. The van der Waals surface area contributed by atoms with Crippen LogP contribution in [0.2, 0.25) is 0 Å². The van der Waals surface area contributed by atoms with Gasteiger partial charge >= 0.3 is 0 Å². The zero-order chi connectivity index (χ0) is 16.1. The largest absolute Gasteiger partial charge is 0.353 e. The van der Waals surface area contributed by atoms with Crippen LogP contribution in [0.5, 0.6) is 0 Å². The highest BCUT2D eigenvalue weighted by molar-refractivity contribution is 4.81. The van der Waals surface area contributed by atoms with E-state index in [-0.39, 0.29) is 24.8 Å². The van der Waals surface area contributed by atoms with Gasteiger partial charge in [-0.15, -0.1) is 0 Å². The second-order valence-electron chi connectivity index (χ2n) is 6.97. The minimum atomic E-state index is -0.608. The van der Waals surface area contributed by atoms with Crippen LogP contribution in [-0.4, -0.2) is 57.0 Å². The van der Waals surface area contributed by atoms with E-state index in [1.807, 2.05) is 13.8 Å². The van der Waals surface area contributed by atoms with Crippen molar-refractivity contribution in [2.75, 3.05) is 26.4 Å². The Hall–Kier alpha value is -0.240. The highest BCUT2D eigenvalue weighted by atomic mass is 16.8. The molecule has 0 saturated carbocycles. The molecular formula is C17H30O6. The predicted molar refractivity (Wildman–Crippen MR) is 82.9 cm³/mol. The first-order chi connectivity index (χ1) is 11.1. The van der Waals surface area contributed by atoms with Gasteiger partial charge in [-0.05, 0) is 52.4 Å². The van der Waals surface area contributed by atoms with Gasteiger partial charge in [0, 0.05) is 13.2 Å². The van der Waals surface area contributed by atoms with Crippen molar-refractivity contribution in [3.63, 3.8) is 0 Å². The Morgan fingerprint density at radius 1 is 0.783 bits per heavy atom. The molecule has 3 fully saturated rings. The third-order valence-corrected chi connectivity index (χ3v) is 4.45. The van der Waals surface area contributed by atoms with Crippen LogP contribution >= 0.6 is 0 Å². The molecule has 0 aromatic rings. The van der Waals surface area contributed by atoms with Crippen LogP contribution in [-0.2, 0) is 28.4 Å². The first-order valence-electron chi connectivity index (χ1n) is 8.94. The van der Waals surface area contributed by atoms with Crippen molar-refractivity contribution in [2.45, 2.75) is 82.9 Å². The molecule has 4 atom stereocenters. The van der Waals surface area contributed by atoms with E-state index < -0.39 is 5.79 Å². The highest BCUT2D eigenvalue weighted by Gasteiger charge is 2.42. The van der Waals surface area contributed by atoms with E-state index in [0.29, 0.717) is 13.2 Å². The summed E-state index contributed by atoms with van der Waals surface area (Å²) in [4.78, 5) is 0. The number of hydrogen-bond donors (Lipinski definition) is 0. The van der Waals surface area contributed by atoms with E-state index in [1.54, 1.807) is 0 Å². The molecule has 0 radical (unpaired) electrons. The van der Waals surface area contributed by atoms with E-state index in [1.165, 1.54) is 0 Å². The van der Waals surface area contributed by atoms with Gasteiger partial charge in [0.15, 0.2) is 18.4 Å². The van der Waals surface area contributed by atoms with Crippen LogP contribution in [0.25, 0.3) is 0 Å². The normalized spacial score (nSPS) is 37.8. The Kier molecular flexibility index (Phi) is 6.29. The minimum Gasteiger partial charge on any atom is -0.353 e. The lowest BCUT2D eigenvalue weighted by Gasteiger charge is -2.26. The minimum absolute atomic E-state index is 0.112. The smallest absolute Gasteiger partial charge is 0.163 e. The van der Waals surface area contributed by atoms with Crippen molar-refractivity contribution >= 4 is 0 Å². The molecule has 3 aliphatic heterocycles. The molecule has 4 unspecified atom stereocenters. The monoisotopic (exact) mass is 330 g/mol. The molecule has 0 aromatic carbocycles. The zero-order valence-corrected chi connectivity index (χ0v) is 14.3. The van der Waals surface area contributed by atoms with Crippen molar-refractivity contribution in [1.82, 2.24) is 0 Å². The maximum Gasteiger partial charge on any atom is 0.163 e. The molecule has 3 aliphatic rings. The molecule has 6 heteroatoms. The van der Waals surface area contributed by atoms with Crippen molar-refractivity contribution in [3.05, 3.63) is 0 Å². The summed E-state index contributed by atoms with van der Waals surface area (Å²) in [5.41, 5.74) is 0. The van der Waals surface area contributed by atoms with Gasteiger partial charge in [0.05, 0.1) is 13.2 Å². The fraction of sp³-hybridized carbons (Fsp3) is 1.00. The molecule has 0 spiro atoms. The summed E-state index contributed by atoms with van der Waals surface area (Å²) >= 11 is 0. The fourth-order valence-electron chi connectivity index (χ4n) is 3.28. The lowest BCUT2D eigenvalue weighted by atomic mass is 10.2. The van der Waals surface area contributed by atoms with Crippen LogP contribution in [0.1, 0.15) is 52.4 Å². The van der Waals surface area contributed by atoms with Crippen molar-refractivity contribution in [3.8, 4) is 0 Å². The van der Waals surface area contributed by atoms with E-state index >= 15 is 0 Å². The van der Waals surface area contributed by atoms with Gasteiger partial charge < -0.3 is 28.4 Å². The summed E-state index contributed by atoms with van der Waals surface area (Å²) < 4.78 is 34.9. The molecule has 3 saturated heterocycles. The summed E-state index contributed by atoms with van der Waals surface area (Å²) in [6.45, 7) is 6.34. The average Bonchev–Trinajstić information content (AvgIpc) is 2.87. The van der Waals surface area contributed by atoms with Gasteiger partial charge in [0.25, 0.3) is 0 Å². The Morgan fingerprint density at radius 3 is 1.65 bits per heavy atom. The molecule has 0 aliphatic carbocycles. The Morgan fingerprint density at radius 2 is 1.26 bits per heavy atom. The molecular weight excluding hydrogens is 300 g/mol. The third kappa shape index (κ3) is 5.37. The predicted octanol–water partition coefficient (Wildman–Crippen LogP) is 2.59. The number of rotatable bonds is 6. The summed E-state index contributed by atoms with van der Waals surface area (Å²) in [5.74, 6) is -0.608. The molecule has 0 N–H and O–H groups in total. The molecule has 3 rings (SSSR count). The van der Waals surface area contributed by atoms with E-state index in [0.717, 1.165) is 51.7 Å². The van der Waals surface area contributed by atoms with Crippen LogP contribution in [0.3, 0.4) is 0 Å². The Balaban J connectivity index is 1.45.